The maximum absolute atomic E-state index is 12.4. The lowest BCUT2D eigenvalue weighted by Gasteiger charge is -2.10. The van der Waals surface area contributed by atoms with Crippen LogP contribution in [0.2, 0.25) is 0 Å². The van der Waals surface area contributed by atoms with Gasteiger partial charge < -0.3 is 14.3 Å². The second kappa shape index (κ2) is 8.36. The molecule has 1 aliphatic heterocycles. The van der Waals surface area contributed by atoms with E-state index in [4.69, 9.17) is 9.52 Å². The van der Waals surface area contributed by atoms with E-state index in [9.17, 15) is 19.2 Å². The number of carboxylic acids is 1. The number of thioether (sulfide) groups is 1. The highest BCUT2D eigenvalue weighted by Crippen LogP contribution is 2.34. The van der Waals surface area contributed by atoms with Crippen LogP contribution in [0.4, 0.5) is 4.79 Å². The van der Waals surface area contributed by atoms with Gasteiger partial charge in [0, 0.05) is 18.2 Å². The number of methoxy groups -OCH3 is 1. The fourth-order valence-electron chi connectivity index (χ4n) is 2.72. The molecule has 0 radical (unpaired) electrons. The van der Waals surface area contributed by atoms with Gasteiger partial charge in [-0.15, -0.1) is 0 Å². The summed E-state index contributed by atoms with van der Waals surface area (Å²) in [4.78, 5) is 48.1. The smallest absolute Gasteiger partial charge is 0.335 e. The summed E-state index contributed by atoms with van der Waals surface area (Å²) in [7, 11) is 1.23. The standard InChI is InChI=1S/C20H17NO7S/c1-11-3-4-12(19(24)25)9-14(11)15-6-5-13(28-15)10-16-18(23)21(20(26)29-16)8-7-17(22)27-2/h3-6,9-10H,7-8H2,1-2H3,(H,24,25). The number of imide groups is 1. The van der Waals surface area contributed by atoms with E-state index in [1.54, 1.807) is 18.2 Å². The molecule has 9 heteroatoms. The molecule has 1 aromatic carbocycles. The second-order valence-electron chi connectivity index (χ2n) is 6.20. The predicted molar refractivity (Wildman–Crippen MR) is 105 cm³/mol. The summed E-state index contributed by atoms with van der Waals surface area (Å²) in [6, 6.07) is 8.01. The van der Waals surface area contributed by atoms with Crippen molar-refractivity contribution < 1.29 is 33.4 Å². The number of amides is 2. The molecule has 0 bridgehead atoms. The van der Waals surface area contributed by atoms with Gasteiger partial charge in [-0.3, -0.25) is 19.3 Å². The van der Waals surface area contributed by atoms with Gasteiger partial charge in [-0.1, -0.05) is 6.07 Å². The third-order valence-electron chi connectivity index (χ3n) is 4.29. The van der Waals surface area contributed by atoms with Crippen molar-refractivity contribution in [3.05, 3.63) is 52.1 Å². The predicted octanol–water partition coefficient (Wildman–Crippen LogP) is 3.55. The minimum absolute atomic E-state index is 0.0563. The summed E-state index contributed by atoms with van der Waals surface area (Å²) >= 11 is 0.759. The van der Waals surface area contributed by atoms with Gasteiger partial charge in [-0.05, 0) is 48.5 Å². The van der Waals surface area contributed by atoms with Crippen LogP contribution < -0.4 is 0 Å². The molecule has 8 nitrogen and oxygen atoms in total. The lowest BCUT2D eigenvalue weighted by molar-refractivity contribution is -0.141. The Kier molecular flexibility index (Phi) is 5.88. The minimum Gasteiger partial charge on any atom is -0.478 e. The molecule has 0 atom stereocenters. The Morgan fingerprint density at radius 2 is 2.00 bits per heavy atom. The maximum Gasteiger partial charge on any atom is 0.335 e. The van der Waals surface area contributed by atoms with Gasteiger partial charge in [-0.25, -0.2) is 4.79 Å². The van der Waals surface area contributed by atoms with Gasteiger partial charge in [0.2, 0.25) is 0 Å². The number of carbonyl (C=O) groups is 4. The van der Waals surface area contributed by atoms with Crippen molar-refractivity contribution in [2.24, 2.45) is 0 Å². The highest BCUT2D eigenvalue weighted by Gasteiger charge is 2.35. The van der Waals surface area contributed by atoms with E-state index in [-0.39, 0.29) is 23.4 Å². The summed E-state index contributed by atoms with van der Waals surface area (Å²) in [6.07, 6.45) is 1.37. The van der Waals surface area contributed by atoms with Gasteiger partial charge in [0.1, 0.15) is 11.5 Å². The first-order valence-corrected chi connectivity index (χ1v) is 9.38. The van der Waals surface area contributed by atoms with E-state index < -0.39 is 23.1 Å². The molecule has 1 saturated heterocycles. The molecular weight excluding hydrogens is 398 g/mol. The van der Waals surface area contributed by atoms with Crippen LogP contribution in [0.1, 0.15) is 28.1 Å². The Hall–Kier alpha value is -3.33. The number of aromatic carboxylic acids is 1. The van der Waals surface area contributed by atoms with Gasteiger partial charge in [0.15, 0.2) is 0 Å². The van der Waals surface area contributed by atoms with Gasteiger partial charge >= 0.3 is 11.9 Å². The summed E-state index contributed by atoms with van der Waals surface area (Å²) in [5, 5.41) is 8.70. The van der Waals surface area contributed by atoms with Crippen LogP contribution in [-0.2, 0) is 14.3 Å². The molecule has 1 aromatic heterocycles. The normalized spacial score (nSPS) is 15.2. The quantitative estimate of drug-likeness (QED) is 0.563. The Morgan fingerprint density at radius 1 is 1.24 bits per heavy atom. The number of benzene rings is 1. The monoisotopic (exact) mass is 415 g/mol. The molecule has 0 spiro atoms. The zero-order valence-corrected chi connectivity index (χ0v) is 16.4. The topological polar surface area (TPSA) is 114 Å². The van der Waals surface area contributed by atoms with E-state index in [2.05, 4.69) is 4.74 Å². The van der Waals surface area contributed by atoms with Crippen molar-refractivity contribution in [1.29, 1.82) is 0 Å². The van der Waals surface area contributed by atoms with Crippen LogP contribution in [0.5, 0.6) is 0 Å². The highest BCUT2D eigenvalue weighted by molar-refractivity contribution is 8.18. The number of hydrogen-bond donors (Lipinski definition) is 1. The molecule has 0 unspecified atom stereocenters. The van der Waals surface area contributed by atoms with E-state index >= 15 is 0 Å². The van der Waals surface area contributed by atoms with Crippen LogP contribution in [0.25, 0.3) is 17.4 Å². The first kappa shape index (κ1) is 20.4. The van der Waals surface area contributed by atoms with Gasteiger partial charge in [0.25, 0.3) is 11.1 Å². The molecule has 1 fully saturated rings. The van der Waals surface area contributed by atoms with E-state index in [1.807, 2.05) is 6.92 Å². The zero-order chi connectivity index (χ0) is 21.1. The molecule has 0 saturated carbocycles. The Morgan fingerprint density at radius 3 is 2.69 bits per heavy atom. The summed E-state index contributed by atoms with van der Waals surface area (Å²) < 4.78 is 10.3. The lowest BCUT2D eigenvalue weighted by atomic mass is 10.0. The number of nitrogens with zero attached hydrogens (tertiary/aromatic N) is 1. The van der Waals surface area contributed by atoms with Crippen molar-refractivity contribution in [3.63, 3.8) is 0 Å². The number of rotatable bonds is 6. The summed E-state index contributed by atoms with van der Waals surface area (Å²) in [5.74, 6) is -1.27. The molecule has 29 heavy (non-hydrogen) atoms. The zero-order valence-electron chi connectivity index (χ0n) is 15.6. The van der Waals surface area contributed by atoms with Crippen LogP contribution >= 0.6 is 11.8 Å². The summed E-state index contributed by atoms with van der Waals surface area (Å²) in [6.45, 7) is 1.77. The SMILES string of the molecule is COC(=O)CCN1C(=O)SC(=Cc2ccc(-c3cc(C(=O)O)ccc3C)o2)C1=O. The molecule has 1 N–H and O–H groups in total. The Balaban J connectivity index is 1.81. The fraction of sp³-hybridized carbons (Fsp3) is 0.200. The molecule has 3 rings (SSSR count). The fourth-order valence-corrected chi connectivity index (χ4v) is 3.57. The van der Waals surface area contributed by atoms with Crippen molar-refractivity contribution in [1.82, 2.24) is 4.90 Å². The Bertz CT molecular complexity index is 1040. The molecule has 150 valence electrons. The number of ether oxygens (including phenoxy) is 1. The van der Waals surface area contributed by atoms with Crippen LogP contribution in [-0.4, -0.2) is 46.7 Å². The molecule has 0 aliphatic carbocycles. The summed E-state index contributed by atoms with van der Waals surface area (Å²) in [5.41, 5.74) is 1.59. The number of carboxylic acid groups (broad SMARTS) is 1. The molecule has 2 aromatic rings. The van der Waals surface area contributed by atoms with Gasteiger partial charge in [-0.2, -0.15) is 0 Å². The molecular formula is C20H17NO7S. The number of furan rings is 1. The average molecular weight is 415 g/mol. The van der Waals surface area contributed by atoms with E-state index in [0.29, 0.717) is 17.1 Å². The van der Waals surface area contributed by atoms with Crippen LogP contribution in [0, 0.1) is 6.92 Å². The third kappa shape index (κ3) is 4.40. The molecule has 1 aliphatic rings. The van der Waals surface area contributed by atoms with Crippen molar-refractivity contribution in [3.8, 4) is 11.3 Å². The largest absolute Gasteiger partial charge is 0.478 e. The lowest BCUT2D eigenvalue weighted by Crippen LogP contribution is -2.30. The van der Waals surface area contributed by atoms with Crippen molar-refractivity contribution in [2.45, 2.75) is 13.3 Å². The van der Waals surface area contributed by atoms with E-state index in [0.717, 1.165) is 22.2 Å². The van der Waals surface area contributed by atoms with Crippen molar-refractivity contribution >= 4 is 40.9 Å². The third-order valence-corrected chi connectivity index (χ3v) is 5.20. The van der Waals surface area contributed by atoms with E-state index in [1.165, 1.54) is 25.3 Å². The highest BCUT2D eigenvalue weighted by atomic mass is 32.2. The van der Waals surface area contributed by atoms with Crippen LogP contribution in [0.15, 0.2) is 39.7 Å². The minimum atomic E-state index is -1.04. The first-order chi connectivity index (χ1) is 13.8. The number of carbonyl (C=O) groups excluding carboxylic acids is 3. The average Bonchev–Trinajstić information content (AvgIpc) is 3.25. The molecule has 2 heterocycles. The number of aryl methyl sites for hydroxylation is 1. The number of hydrogen-bond acceptors (Lipinski definition) is 7. The van der Waals surface area contributed by atoms with Gasteiger partial charge in [0.05, 0.1) is 24.0 Å². The second-order valence-corrected chi connectivity index (χ2v) is 7.19. The maximum atomic E-state index is 12.4. The van der Waals surface area contributed by atoms with Crippen LogP contribution in [0.3, 0.4) is 0 Å². The Labute approximate surface area is 170 Å². The molecule has 2 amide bonds. The van der Waals surface area contributed by atoms with Crippen molar-refractivity contribution in [2.75, 3.05) is 13.7 Å². The first-order valence-electron chi connectivity index (χ1n) is 8.56. The number of esters is 1.